The fourth-order valence-electron chi connectivity index (χ4n) is 2.62. The molecule has 0 heterocycles. The van der Waals surface area contributed by atoms with Crippen LogP contribution < -0.4 is 15.4 Å². The van der Waals surface area contributed by atoms with Crippen LogP contribution in [0.5, 0.6) is 5.75 Å². The van der Waals surface area contributed by atoms with Gasteiger partial charge >= 0.3 is 6.03 Å². The molecule has 0 aliphatic heterocycles. The van der Waals surface area contributed by atoms with Crippen molar-refractivity contribution < 1.29 is 9.53 Å². The summed E-state index contributed by atoms with van der Waals surface area (Å²) in [6.07, 6.45) is 1.85. The van der Waals surface area contributed by atoms with Crippen molar-refractivity contribution in [3.05, 3.63) is 89.4 Å². The van der Waals surface area contributed by atoms with E-state index in [1.807, 2.05) is 42.5 Å². The highest BCUT2D eigenvalue weighted by Crippen LogP contribution is 2.24. The smallest absolute Gasteiger partial charge is 0.323 e. The topological polar surface area (TPSA) is 50.4 Å². The highest BCUT2D eigenvalue weighted by atomic mass is 35.5. The molecule has 0 spiro atoms. The predicted molar refractivity (Wildman–Crippen MR) is 111 cm³/mol. The van der Waals surface area contributed by atoms with Crippen LogP contribution in [0.3, 0.4) is 0 Å². The lowest BCUT2D eigenvalue weighted by atomic mass is 10.1. The van der Waals surface area contributed by atoms with E-state index >= 15 is 0 Å². The monoisotopic (exact) mass is 380 g/mol. The van der Waals surface area contributed by atoms with Crippen LogP contribution in [0.25, 0.3) is 0 Å². The number of amides is 2. The summed E-state index contributed by atoms with van der Waals surface area (Å²) in [7, 11) is 0. The van der Waals surface area contributed by atoms with Crippen LogP contribution in [0.4, 0.5) is 16.2 Å². The van der Waals surface area contributed by atoms with Gasteiger partial charge in [0.1, 0.15) is 5.75 Å². The van der Waals surface area contributed by atoms with Crippen molar-refractivity contribution in [3.8, 4) is 5.75 Å². The number of aryl methyl sites for hydroxylation is 1. The maximum Gasteiger partial charge on any atom is 0.323 e. The maximum atomic E-state index is 12.2. The largest absolute Gasteiger partial charge is 0.491 e. The van der Waals surface area contributed by atoms with Gasteiger partial charge in [0.2, 0.25) is 0 Å². The van der Waals surface area contributed by atoms with Crippen molar-refractivity contribution in [3.63, 3.8) is 0 Å². The highest BCUT2D eigenvalue weighted by Gasteiger charge is 2.08. The summed E-state index contributed by atoms with van der Waals surface area (Å²) >= 11 is 5.85. The van der Waals surface area contributed by atoms with Gasteiger partial charge in [-0.1, -0.05) is 54.1 Å². The fourth-order valence-corrected chi connectivity index (χ4v) is 2.74. The Labute approximate surface area is 164 Å². The van der Waals surface area contributed by atoms with Gasteiger partial charge in [-0.05, 0) is 54.8 Å². The van der Waals surface area contributed by atoms with E-state index in [4.69, 9.17) is 16.3 Å². The Hall–Kier alpha value is -2.98. The molecule has 0 aliphatic rings. The Morgan fingerprint density at radius 3 is 2.33 bits per heavy atom. The fraction of sp³-hybridized carbons (Fsp3) is 0.136. The number of anilines is 2. The third kappa shape index (κ3) is 6.04. The lowest BCUT2D eigenvalue weighted by Crippen LogP contribution is -2.20. The van der Waals surface area contributed by atoms with Crippen molar-refractivity contribution in [2.45, 2.75) is 12.8 Å². The number of nitrogens with one attached hydrogen (secondary N) is 2. The number of carbonyl (C=O) groups excluding carboxylic acids is 1. The molecule has 0 aromatic heterocycles. The number of carbonyl (C=O) groups is 1. The standard InChI is InChI=1S/C22H21ClN2O2/c23-18-12-14-19(15-13-18)24-22(26)25-20-10-4-5-11-21(20)27-16-6-9-17-7-2-1-3-8-17/h1-5,7-8,10-15H,6,9,16H2,(H2,24,25,26). The number of urea groups is 1. The summed E-state index contributed by atoms with van der Waals surface area (Å²) in [5.74, 6) is 0.650. The first-order valence-corrected chi connectivity index (χ1v) is 9.18. The van der Waals surface area contributed by atoms with E-state index in [1.165, 1.54) is 5.56 Å². The summed E-state index contributed by atoms with van der Waals surface area (Å²) in [4.78, 5) is 12.2. The zero-order valence-corrected chi connectivity index (χ0v) is 15.6. The predicted octanol–water partition coefficient (Wildman–Crippen LogP) is 6.00. The van der Waals surface area contributed by atoms with Crippen molar-refractivity contribution in [2.24, 2.45) is 0 Å². The Kier molecular flexibility index (Phi) is 6.72. The highest BCUT2D eigenvalue weighted by molar-refractivity contribution is 6.30. The average Bonchev–Trinajstić information content (AvgIpc) is 2.69. The molecule has 3 aromatic carbocycles. The molecule has 2 amide bonds. The van der Waals surface area contributed by atoms with E-state index in [2.05, 4.69) is 22.8 Å². The van der Waals surface area contributed by atoms with Gasteiger partial charge in [0.15, 0.2) is 0 Å². The third-order valence-electron chi connectivity index (χ3n) is 3.95. The van der Waals surface area contributed by atoms with Crippen molar-refractivity contribution in [1.29, 1.82) is 0 Å². The quantitative estimate of drug-likeness (QED) is 0.494. The molecule has 0 saturated carbocycles. The Bertz CT molecular complexity index is 867. The Balaban J connectivity index is 1.52. The van der Waals surface area contributed by atoms with E-state index in [9.17, 15) is 4.79 Å². The SMILES string of the molecule is O=C(Nc1ccc(Cl)cc1)Nc1ccccc1OCCCc1ccccc1. The summed E-state index contributed by atoms with van der Waals surface area (Å²) in [6, 6.07) is 24.3. The Morgan fingerprint density at radius 1 is 0.852 bits per heavy atom. The zero-order chi connectivity index (χ0) is 18.9. The van der Waals surface area contributed by atoms with Crippen molar-refractivity contribution >= 4 is 29.0 Å². The molecule has 4 nitrogen and oxygen atoms in total. The molecule has 0 saturated heterocycles. The molecule has 5 heteroatoms. The molecule has 2 N–H and O–H groups in total. The molecule has 0 aliphatic carbocycles. The molecule has 0 atom stereocenters. The van der Waals surface area contributed by atoms with Crippen LogP contribution in [0.15, 0.2) is 78.9 Å². The van der Waals surface area contributed by atoms with E-state index in [-0.39, 0.29) is 6.03 Å². The van der Waals surface area contributed by atoms with Crippen LogP contribution >= 0.6 is 11.6 Å². The molecular formula is C22H21ClN2O2. The minimum absolute atomic E-state index is 0.336. The van der Waals surface area contributed by atoms with Crippen molar-refractivity contribution in [1.82, 2.24) is 0 Å². The van der Waals surface area contributed by atoms with E-state index < -0.39 is 0 Å². The summed E-state index contributed by atoms with van der Waals surface area (Å²) < 4.78 is 5.87. The number of rotatable bonds is 7. The molecule has 0 radical (unpaired) electrons. The van der Waals surface area contributed by atoms with Gasteiger partial charge < -0.3 is 15.4 Å². The van der Waals surface area contributed by atoms with Gasteiger partial charge in [0.05, 0.1) is 12.3 Å². The van der Waals surface area contributed by atoms with Crippen LogP contribution in [-0.4, -0.2) is 12.6 Å². The normalized spacial score (nSPS) is 10.3. The lowest BCUT2D eigenvalue weighted by molar-refractivity contribution is 0.261. The first-order valence-electron chi connectivity index (χ1n) is 8.80. The molecule has 3 rings (SSSR count). The minimum Gasteiger partial charge on any atom is -0.491 e. The molecule has 0 bridgehead atoms. The second kappa shape index (κ2) is 9.64. The van der Waals surface area contributed by atoms with Gasteiger partial charge in [-0.15, -0.1) is 0 Å². The first-order chi connectivity index (χ1) is 13.2. The molecular weight excluding hydrogens is 360 g/mol. The molecule has 27 heavy (non-hydrogen) atoms. The molecule has 3 aromatic rings. The number of ether oxygens (including phenoxy) is 1. The van der Waals surface area contributed by atoms with Crippen LogP contribution in [-0.2, 0) is 6.42 Å². The molecule has 0 fully saturated rings. The molecule has 138 valence electrons. The van der Waals surface area contributed by atoms with Gasteiger partial charge in [-0.2, -0.15) is 0 Å². The summed E-state index contributed by atoms with van der Waals surface area (Å²) in [5.41, 5.74) is 2.58. The lowest BCUT2D eigenvalue weighted by Gasteiger charge is -2.13. The number of hydrogen-bond donors (Lipinski definition) is 2. The zero-order valence-electron chi connectivity index (χ0n) is 14.8. The minimum atomic E-state index is -0.336. The van der Waals surface area contributed by atoms with E-state index in [0.29, 0.717) is 28.8 Å². The van der Waals surface area contributed by atoms with Crippen LogP contribution in [0.2, 0.25) is 5.02 Å². The maximum absolute atomic E-state index is 12.2. The third-order valence-corrected chi connectivity index (χ3v) is 4.20. The molecule has 0 unspecified atom stereocenters. The number of benzene rings is 3. The van der Waals surface area contributed by atoms with Gasteiger partial charge in [0.25, 0.3) is 0 Å². The number of para-hydroxylation sites is 2. The van der Waals surface area contributed by atoms with Crippen LogP contribution in [0.1, 0.15) is 12.0 Å². The van der Waals surface area contributed by atoms with Crippen LogP contribution in [0, 0.1) is 0 Å². The first kappa shape index (κ1) is 18.8. The summed E-state index contributed by atoms with van der Waals surface area (Å²) in [6.45, 7) is 0.576. The van der Waals surface area contributed by atoms with Gasteiger partial charge in [0, 0.05) is 10.7 Å². The van der Waals surface area contributed by atoms with Gasteiger partial charge in [-0.3, -0.25) is 0 Å². The second-order valence-electron chi connectivity index (χ2n) is 6.02. The van der Waals surface area contributed by atoms with Crippen molar-refractivity contribution in [2.75, 3.05) is 17.2 Å². The summed E-state index contributed by atoms with van der Waals surface area (Å²) in [5, 5.41) is 6.21. The second-order valence-corrected chi connectivity index (χ2v) is 6.46. The Morgan fingerprint density at radius 2 is 1.56 bits per heavy atom. The average molecular weight is 381 g/mol. The van der Waals surface area contributed by atoms with E-state index in [1.54, 1.807) is 24.3 Å². The number of halogens is 1. The number of hydrogen-bond acceptors (Lipinski definition) is 2. The van der Waals surface area contributed by atoms with Gasteiger partial charge in [-0.25, -0.2) is 4.79 Å². The van der Waals surface area contributed by atoms with E-state index in [0.717, 1.165) is 12.8 Å².